The highest BCUT2D eigenvalue weighted by Gasteiger charge is 2.39. The third-order valence-corrected chi connectivity index (χ3v) is 4.35. The Morgan fingerprint density at radius 3 is 1.73 bits per heavy atom. The third-order valence-electron chi connectivity index (χ3n) is 4.35. The number of Topliss-reactive ketones (excluding diaryl/α,β-unsaturated/α-hetero) is 2. The number of fused-ring (bicyclic) bond motifs is 2. The molecule has 3 aromatic rings. The Balaban J connectivity index is 1.88. The van der Waals surface area contributed by atoms with Crippen LogP contribution in [0.5, 0.6) is 0 Å². The molecule has 0 atom stereocenters. The van der Waals surface area contributed by atoms with Crippen LogP contribution in [0.15, 0.2) is 60.7 Å². The fourth-order valence-electron chi connectivity index (χ4n) is 3.14. The van der Waals surface area contributed by atoms with E-state index in [-0.39, 0.29) is 11.6 Å². The van der Waals surface area contributed by atoms with Crippen LogP contribution in [0, 0.1) is 6.92 Å². The summed E-state index contributed by atoms with van der Waals surface area (Å²) in [4.78, 5) is 25.4. The zero-order chi connectivity index (χ0) is 15.3. The lowest BCUT2D eigenvalue weighted by Gasteiger charge is -2.07. The smallest absolute Gasteiger partial charge is 0.178 e. The van der Waals surface area contributed by atoms with Crippen molar-refractivity contribution in [1.29, 1.82) is 0 Å². The van der Waals surface area contributed by atoms with E-state index in [1.807, 2.05) is 67.6 Å². The first-order valence-electron chi connectivity index (χ1n) is 7.33. The summed E-state index contributed by atoms with van der Waals surface area (Å²) in [5.74, 6) is -0.864. The van der Waals surface area contributed by atoms with Crippen LogP contribution < -0.4 is 0 Å². The maximum Gasteiger partial charge on any atom is 0.178 e. The van der Waals surface area contributed by atoms with E-state index in [9.17, 15) is 9.59 Å². The van der Waals surface area contributed by atoms with Crippen LogP contribution in [0.2, 0.25) is 0 Å². The molecular weight excluding hydrogens is 272 g/mol. The van der Waals surface area contributed by atoms with Crippen LogP contribution in [-0.4, -0.2) is 11.6 Å². The summed E-state index contributed by atoms with van der Waals surface area (Å²) < 4.78 is 0. The second-order valence-electron chi connectivity index (χ2n) is 5.82. The maximum absolute atomic E-state index is 12.7. The predicted octanol–water partition coefficient (Wildman–Crippen LogP) is 4.31. The Morgan fingerprint density at radius 2 is 1.23 bits per heavy atom. The van der Waals surface area contributed by atoms with E-state index in [1.165, 1.54) is 0 Å². The molecule has 0 spiro atoms. The van der Waals surface area contributed by atoms with Crippen LogP contribution in [0.3, 0.4) is 0 Å². The van der Waals surface area contributed by atoms with Crippen LogP contribution in [0.1, 0.15) is 37.8 Å². The van der Waals surface area contributed by atoms with Crippen LogP contribution in [0.4, 0.5) is 0 Å². The Bertz CT molecular complexity index is 866. The van der Waals surface area contributed by atoms with Crippen molar-refractivity contribution in [3.8, 4) is 0 Å². The predicted molar refractivity (Wildman–Crippen MR) is 86.5 cm³/mol. The Morgan fingerprint density at radius 1 is 0.727 bits per heavy atom. The van der Waals surface area contributed by atoms with Crippen LogP contribution >= 0.6 is 0 Å². The third kappa shape index (κ3) is 1.81. The molecule has 0 amide bonds. The van der Waals surface area contributed by atoms with E-state index in [1.54, 1.807) is 0 Å². The van der Waals surface area contributed by atoms with E-state index in [0.29, 0.717) is 11.1 Å². The molecule has 22 heavy (non-hydrogen) atoms. The van der Waals surface area contributed by atoms with E-state index in [0.717, 1.165) is 21.9 Å². The minimum absolute atomic E-state index is 0.0883. The average Bonchev–Trinajstić information content (AvgIpc) is 2.78. The van der Waals surface area contributed by atoms with Gasteiger partial charge in [-0.25, -0.2) is 0 Å². The molecule has 0 saturated heterocycles. The van der Waals surface area contributed by atoms with Gasteiger partial charge in [-0.15, -0.1) is 0 Å². The molecular formula is C20H14O2. The Hall–Kier alpha value is -2.74. The summed E-state index contributed by atoms with van der Waals surface area (Å²) in [6, 6.07) is 19.1. The number of carbonyl (C=O) groups is 2. The normalized spacial score (nSPS) is 14.6. The molecule has 2 heteroatoms. The topological polar surface area (TPSA) is 34.1 Å². The van der Waals surface area contributed by atoms with Gasteiger partial charge in [0.05, 0.1) is 0 Å². The summed E-state index contributed by atoms with van der Waals surface area (Å²) in [7, 11) is 0. The fraction of sp³-hybridized carbons (Fsp3) is 0.100. The zero-order valence-corrected chi connectivity index (χ0v) is 12.2. The minimum atomic E-state index is -0.688. The lowest BCUT2D eigenvalue weighted by molar-refractivity contribution is 0.0890. The summed E-state index contributed by atoms with van der Waals surface area (Å²) in [5.41, 5.74) is 2.99. The van der Waals surface area contributed by atoms with Crippen LogP contribution in [-0.2, 0) is 0 Å². The molecule has 0 unspecified atom stereocenters. The highest BCUT2D eigenvalue weighted by Crippen LogP contribution is 2.36. The molecule has 0 aromatic heterocycles. The Labute approximate surface area is 128 Å². The van der Waals surface area contributed by atoms with Gasteiger partial charge in [0.2, 0.25) is 0 Å². The summed E-state index contributed by atoms with van der Waals surface area (Å²) in [5, 5.41) is 1.99. The van der Waals surface area contributed by atoms with Crippen LogP contribution in [0.25, 0.3) is 10.8 Å². The van der Waals surface area contributed by atoms with Gasteiger partial charge in [-0.3, -0.25) is 9.59 Å². The summed E-state index contributed by atoms with van der Waals surface area (Å²) in [6.07, 6.45) is 0. The van der Waals surface area contributed by atoms with E-state index in [2.05, 4.69) is 0 Å². The van der Waals surface area contributed by atoms with Crippen molar-refractivity contribution in [2.24, 2.45) is 0 Å². The first-order chi connectivity index (χ1) is 10.6. The van der Waals surface area contributed by atoms with Crippen molar-refractivity contribution in [1.82, 2.24) is 0 Å². The number of carbonyl (C=O) groups excluding carboxylic acids is 2. The van der Waals surface area contributed by atoms with E-state index >= 15 is 0 Å². The van der Waals surface area contributed by atoms with Crippen molar-refractivity contribution in [2.75, 3.05) is 0 Å². The molecule has 1 aliphatic carbocycles. The second-order valence-corrected chi connectivity index (χ2v) is 5.82. The van der Waals surface area contributed by atoms with Crippen molar-refractivity contribution < 1.29 is 9.59 Å². The van der Waals surface area contributed by atoms with Gasteiger partial charge < -0.3 is 0 Å². The number of hydrogen-bond acceptors (Lipinski definition) is 2. The van der Waals surface area contributed by atoms with Gasteiger partial charge in [0.25, 0.3) is 0 Å². The van der Waals surface area contributed by atoms with Crippen molar-refractivity contribution in [2.45, 2.75) is 12.8 Å². The van der Waals surface area contributed by atoms with Crippen molar-refractivity contribution >= 4 is 22.3 Å². The lowest BCUT2D eigenvalue weighted by atomic mass is 9.94. The number of rotatable bonds is 1. The van der Waals surface area contributed by atoms with Gasteiger partial charge in [0.1, 0.15) is 5.92 Å². The monoisotopic (exact) mass is 286 g/mol. The molecule has 0 heterocycles. The SMILES string of the molecule is Cc1ccc(C2C(=O)c3cc4ccccc4cc3C2=O)cc1. The zero-order valence-electron chi connectivity index (χ0n) is 12.2. The molecule has 0 bridgehead atoms. The van der Waals surface area contributed by atoms with Gasteiger partial charge in [0, 0.05) is 11.1 Å². The molecule has 0 fully saturated rings. The van der Waals surface area contributed by atoms with E-state index < -0.39 is 5.92 Å². The first-order valence-corrected chi connectivity index (χ1v) is 7.33. The van der Waals surface area contributed by atoms with Gasteiger partial charge in [-0.1, -0.05) is 54.1 Å². The highest BCUT2D eigenvalue weighted by molar-refractivity contribution is 6.30. The standard InChI is InChI=1S/C20H14O2/c1-12-6-8-13(9-7-12)18-19(21)16-10-14-4-2-3-5-15(14)11-17(16)20(18)22/h2-11,18H,1H3. The van der Waals surface area contributed by atoms with Crippen molar-refractivity contribution in [3.63, 3.8) is 0 Å². The molecule has 106 valence electrons. The van der Waals surface area contributed by atoms with E-state index in [4.69, 9.17) is 0 Å². The van der Waals surface area contributed by atoms with Crippen molar-refractivity contribution in [3.05, 3.63) is 82.9 Å². The summed E-state index contributed by atoms with van der Waals surface area (Å²) >= 11 is 0. The average molecular weight is 286 g/mol. The number of aryl methyl sites for hydroxylation is 1. The maximum atomic E-state index is 12.7. The second kappa shape index (κ2) is 4.63. The molecule has 0 N–H and O–H groups in total. The highest BCUT2D eigenvalue weighted by atomic mass is 16.2. The largest absolute Gasteiger partial charge is 0.293 e. The molecule has 0 saturated carbocycles. The molecule has 1 aliphatic rings. The minimum Gasteiger partial charge on any atom is -0.293 e. The first kappa shape index (κ1) is 13.0. The molecule has 4 rings (SSSR count). The molecule has 2 nitrogen and oxygen atoms in total. The number of hydrogen-bond donors (Lipinski definition) is 0. The number of benzene rings is 3. The quantitative estimate of drug-likeness (QED) is 0.625. The molecule has 0 aliphatic heterocycles. The molecule has 0 radical (unpaired) electrons. The fourth-order valence-corrected chi connectivity index (χ4v) is 3.14. The van der Waals surface area contributed by atoms with Gasteiger partial charge in [-0.05, 0) is 35.4 Å². The lowest BCUT2D eigenvalue weighted by Crippen LogP contribution is -2.12. The van der Waals surface area contributed by atoms with Gasteiger partial charge in [-0.2, -0.15) is 0 Å². The van der Waals surface area contributed by atoms with Gasteiger partial charge in [0.15, 0.2) is 11.6 Å². The summed E-state index contributed by atoms with van der Waals surface area (Å²) in [6.45, 7) is 1.99. The van der Waals surface area contributed by atoms with Gasteiger partial charge >= 0.3 is 0 Å². The Kier molecular flexibility index (Phi) is 2.73. The number of ketones is 2. The molecule has 3 aromatic carbocycles.